The fraction of sp³-hybridized carbons (Fsp3) is 0.429. The van der Waals surface area contributed by atoms with Crippen molar-refractivity contribution in [3.05, 3.63) is 29.8 Å². The van der Waals surface area contributed by atoms with Crippen molar-refractivity contribution in [1.82, 2.24) is 25.5 Å². The second kappa shape index (κ2) is 6.94. The highest BCUT2D eigenvalue weighted by Crippen LogP contribution is 2.17. The lowest BCUT2D eigenvalue weighted by atomic mass is 10.1. The molecule has 1 atom stereocenters. The van der Waals surface area contributed by atoms with Gasteiger partial charge in [-0.1, -0.05) is 24.3 Å². The van der Waals surface area contributed by atoms with Crippen LogP contribution < -0.4 is 5.32 Å². The molecule has 7 nitrogen and oxygen atoms in total. The number of amides is 1. The van der Waals surface area contributed by atoms with Gasteiger partial charge in [0.05, 0.1) is 6.61 Å². The van der Waals surface area contributed by atoms with Gasteiger partial charge in [0, 0.05) is 18.7 Å². The first kappa shape index (κ1) is 15.1. The van der Waals surface area contributed by atoms with E-state index < -0.39 is 0 Å². The van der Waals surface area contributed by atoms with Gasteiger partial charge in [-0.25, -0.2) is 0 Å². The molecule has 21 heavy (non-hydrogen) atoms. The Labute approximate surface area is 123 Å². The fourth-order valence-electron chi connectivity index (χ4n) is 1.98. The van der Waals surface area contributed by atoms with Gasteiger partial charge in [0.15, 0.2) is 0 Å². The smallest absolute Gasteiger partial charge is 0.243 e. The average molecular weight is 289 g/mol. The number of ether oxygens (including phenoxy) is 1. The molecule has 1 heterocycles. The van der Waals surface area contributed by atoms with Crippen LogP contribution >= 0.6 is 0 Å². The SMILES string of the molecule is COC[C@@H](C)NC(=O)Cn1nnc(-c2ccccc2C)n1. The van der Waals surface area contributed by atoms with Crippen molar-refractivity contribution in [2.45, 2.75) is 26.4 Å². The Morgan fingerprint density at radius 3 is 2.90 bits per heavy atom. The Balaban J connectivity index is 2.01. The van der Waals surface area contributed by atoms with E-state index in [4.69, 9.17) is 4.74 Å². The highest BCUT2D eigenvalue weighted by molar-refractivity contribution is 5.75. The molecule has 2 rings (SSSR count). The van der Waals surface area contributed by atoms with Crippen molar-refractivity contribution in [2.24, 2.45) is 0 Å². The number of hydrogen-bond donors (Lipinski definition) is 1. The quantitative estimate of drug-likeness (QED) is 0.850. The largest absolute Gasteiger partial charge is 0.383 e. The molecule has 1 N–H and O–H groups in total. The summed E-state index contributed by atoms with van der Waals surface area (Å²) in [6, 6.07) is 7.73. The standard InChI is InChI=1S/C14H19N5O2/c1-10-6-4-5-7-12(10)14-16-18-19(17-14)8-13(20)15-11(2)9-21-3/h4-7,11H,8-9H2,1-3H3,(H,15,20)/t11-/m1/s1. The summed E-state index contributed by atoms with van der Waals surface area (Å²) < 4.78 is 4.96. The normalized spacial score (nSPS) is 12.1. The van der Waals surface area contributed by atoms with Crippen LogP contribution in [0, 0.1) is 6.92 Å². The summed E-state index contributed by atoms with van der Waals surface area (Å²) in [5, 5.41) is 14.9. The van der Waals surface area contributed by atoms with Crippen LogP contribution in [0.3, 0.4) is 0 Å². The van der Waals surface area contributed by atoms with Gasteiger partial charge in [0.2, 0.25) is 11.7 Å². The molecule has 0 saturated heterocycles. The van der Waals surface area contributed by atoms with Crippen molar-refractivity contribution in [1.29, 1.82) is 0 Å². The molecule has 0 bridgehead atoms. The number of aryl methyl sites for hydroxylation is 1. The molecule has 0 radical (unpaired) electrons. The summed E-state index contributed by atoms with van der Waals surface area (Å²) in [4.78, 5) is 13.1. The summed E-state index contributed by atoms with van der Waals surface area (Å²) in [6.45, 7) is 4.35. The molecule has 0 aliphatic carbocycles. The van der Waals surface area contributed by atoms with Gasteiger partial charge in [-0.15, -0.1) is 10.2 Å². The fourth-order valence-corrected chi connectivity index (χ4v) is 1.98. The monoisotopic (exact) mass is 289 g/mol. The minimum absolute atomic E-state index is 0.0347. The number of rotatable bonds is 6. The van der Waals surface area contributed by atoms with Gasteiger partial charge >= 0.3 is 0 Å². The van der Waals surface area contributed by atoms with Crippen molar-refractivity contribution in [3.63, 3.8) is 0 Å². The van der Waals surface area contributed by atoms with E-state index in [2.05, 4.69) is 20.7 Å². The lowest BCUT2D eigenvalue weighted by Gasteiger charge is -2.11. The molecule has 0 spiro atoms. The third kappa shape index (κ3) is 4.09. The van der Waals surface area contributed by atoms with Gasteiger partial charge in [-0.05, 0) is 24.6 Å². The minimum Gasteiger partial charge on any atom is -0.383 e. The van der Waals surface area contributed by atoms with E-state index in [1.54, 1.807) is 7.11 Å². The summed E-state index contributed by atoms with van der Waals surface area (Å²) >= 11 is 0. The molecule has 112 valence electrons. The lowest BCUT2D eigenvalue weighted by Crippen LogP contribution is -2.38. The van der Waals surface area contributed by atoms with Crippen LogP contribution in [-0.2, 0) is 16.1 Å². The summed E-state index contributed by atoms with van der Waals surface area (Å²) in [5.41, 5.74) is 1.98. The van der Waals surface area contributed by atoms with E-state index >= 15 is 0 Å². The maximum absolute atomic E-state index is 11.8. The van der Waals surface area contributed by atoms with E-state index in [9.17, 15) is 4.79 Å². The zero-order valence-electron chi connectivity index (χ0n) is 12.4. The first-order valence-electron chi connectivity index (χ1n) is 6.72. The van der Waals surface area contributed by atoms with Crippen molar-refractivity contribution in [2.75, 3.05) is 13.7 Å². The lowest BCUT2D eigenvalue weighted by molar-refractivity contribution is -0.123. The maximum Gasteiger partial charge on any atom is 0.243 e. The topological polar surface area (TPSA) is 81.9 Å². The summed E-state index contributed by atoms with van der Waals surface area (Å²) in [6.07, 6.45) is 0. The van der Waals surface area contributed by atoms with Crippen LogP contribution in [-0.4, -0.2) is 45.9 Å². The molecular formula is C14H19N5O2. The van der Waals surface area contributed by atoms with Crippen LogP contribution in [0.2, 0.25) is 0 Å². The van der Waals surface area contributed by atoms with Crippen LogP contribution in [0.1, 0.15) is 12.5 Å². The van der Waals surface area contributed by atoms with Crippen LogP contribution in [0.15, 0.2) is 24.3 Å². The number of tetrazole rings is 1. The molecule has 0 saturated carbocycles. The van der Waals surface area contributed by atoms with Crippen molar-refractivity contribution >= 4 is 5.91 Å². The first-order chi connectivity index (χ1) is 10.1. The van der Waals surface area contributed by atoms with E-state index in [1.165, 1.54) is 4.80 Å². The number of methoxy groups -OCH3 is 1. The molecule has 0 aliphatic heterocycles. The van der Waals surface area contributed by atoms with Gasteiger partial charge < -0.3 is 10.1 Å². The van der Waals surface area contributed by atoms with Crippen LogP contribution in [0.25, 0.3) is 11.4 Å². The zero-order chi connectivity index (χ0) is 15.2. The minimum atomic E-state index is -0.173. The van der Waals surface area contributed by atoms with Crippen molar-refractivity contribution < 1.29 is 9.53 Å². The Morgan fingerprint density at radius 1 is 1.43 bits per heavy atom. The number of carbonyl (C=O) groups excluding carboxylic acids is 1. The number of nitrogens with one attached hydrogen (secondary N) is 1. The Morgan fingerprint density at radius 2 is 2.19 bits per heavy atom. The summed E-state index contributed by atoms with van der Waals surface area (Å²) in [7, 11) is 1.59. The Bertz CT molecular complexity index is 611. The van der Waals surface area contributed by atoms with E-state index in [-0.39, 0.29) is 18.5 Å². The Kier molecular flexibility index (Phi) is 4.99. The average Bonchev–Trinajstić information content (AvgIpc) is 2.87. The van der Waals surface area contributed by atoms with E-state index in [0.717, 1.165) is 11.1 Å². The highest BCUT2D eigenvalue weighted by Gasteiger charge is 2.12. The molecule has 1 amide bonds. The summed E-state index contributed by atoms with van der Waals surface area (Å²) in [5.74, 6) is 0.346. The second-order valence-corrected chi connectivity index (χ2v) is 4.88. The highest BCUT2D eigenvalue weighted by atomic mass is 16.5. The third-order valence-electron chi connectivity index (χ3n) is 2.95. The van der Waals surface area contributed by atoms with Crippen LogP contribution in [0.5, 0.6) is 0 Å². The number of aromatic nitrogens is 4. The molecule has 0 aliphatic rings. The molecule has 0 unspecified atom stereocenters. The number of hydrogen-bond acceptors (Lipinski definition) is 5. The van der Waals surface area contributed by atoms with E-state index in [0.29, 0.717) is 12.4 Å². The molecule has 1 aromatic carbocycles. The third-order valence-corrected chi connectivity index (χ3v) is 2.95. The van der Waals surface area contributed by atoms with Gasteiger partial charge in [0.25, 0.3) is 0 Å². The second-order valence-electron chi connectivity index (χ2n) is 4.88. The molecule has 7 heteroatoms. The van der Waals surface area contributed by atoms with Gasteiger partial charge in [-0.3, -0.25) is 4.79 Å². The molecule has 0 fully saturated rings. The van der Waals surface area contributed by atoms with Crippen LogP contribution in [0.4, 0.5) is 0 Å². The predicted molar refractivity (Wildman–Crippen MR) is 77.5 cm³/mol. The number of nitrogens with zero attached hydrogens (tertiary/aromatic N) is 4. The molecular weight excluding hydrogens is 270 g/mol. The van der Waals surface area contributed by atoms with Gasteiger partial charge in [0.1, 0.15) is 6.54 Å². The number of benzene rings is 1. The predicted octanol–water partition coefficient (Wildman–Crippen LogP) is 0.800. The van der Waals surface area contributed by atoms with Crippen molar-refractivity contribution in [3.8, 4) is 11.4 Å². The Hall–Kier alpha value is -2.28. The number of carbonyl (C=O) groups is 1. The zero-order valence-corrected chi connectivity index (χ0v) is 12.4. The molecule has 1 aromatic heterocycles. The first-order valence-corrected chi connectivity index (χ1v) is 6.72. The maximum atomic E-state index is 11.8. The van der Waals surface area contributed by atoms with Gasteiger partial charge in [-0.2, -0.15) is 4.80 Å². The molecule has 2 aromatic rings. The van der Waals surface area contributed by atoms with E-state index in [1.807, 2.05) is 38.1 Å².